The monoisotopic (exact) mass is 345 g/mol. The van der Waals surface area contributed by atoms with Crippen molar-refractivity contribution in [2.24, 2.45) is 5.92 Å². The van der Waals surface area contributed by atoms with Crippen molar-refractivity contribution in [3.05, 3.63) is 36.0 Å². The molecule has 1 aliphatic rings. The zero-order valence-electron chi connectivity index (χ0n) is 14.4. The SMILES string of the molecule is COc1ccc(C(=O)Nc2ccnn2C(C)C2CC2)cc1OCCO. The number of hydrogen-bond acceptors (Lipinski definition) is 5. The van der Waals surface area contributed by atoms with Crippen molar-refractivity contribution in [3.8, 4) is 11.5 Å². The van der Waals surface area contributed by atoms with Gasteiger partial charge in [0, 0.05) is 11.6 Å². The molecule has 1 fully saturated rings. The van der Waals surface area contributed by atoms with Gasteiger partial charge in [-0.05, 0) is 43.9 Å². The Morgan fingerprint density at radius 2 is 2.20 bits per heavy atom. The van der Waals surface area contributed by atoms with E-state index >= 15 is 0 Å². The van der Waals surface area contributed by atoms with Crippen LogP contribution in [-0.4, -0.2) is 41.1 Å². The Hall–Kier alpha value is -2.54. The van der Waals surface area contributed by atoms with Gasteiger partial charge in [-0.3, -0.25) is 4.79 Å². The number of hydrogen-bond donors (Lipinski definition) is 2. The highest BCUT2D eigenvalue weighted by Crippen LogP contribution is 2.40. The highest BCUT2D eigenvalue weighted by atomic mass is 16.5. The molecule has 1 atom stereocenters. The predicted octanol–water partition coefficient (Wildman–Crippen LogP) is 2.49. The van der Waals surface area contributed by atoms with Crippen LogP contribution < -0.4 is 14.8 Å². The lowest BCUT2D eigenvalue weighted by Gasteiger charge is -2.16. The van der Waals surface area contributed by atoms with Crippen LogP contribution in [0.15, 0.2) is 30.5 Å². The Morgan fingerprint density at radius 1 is 1.40 bits per heavy atom. The van der Waals surface area contributed by atoms with Crippen LogP contribution in [0, 0.1) is 5.92 Å². The number of carbonyl (C=O) groups is 1. The third-order valence-corrected chi connectivity index (χ3v) is 4.38. The minimum atomic E-state index is -0.249. The predicted molar refractivity (Wildman–Crippen MR) is 93.2 cm³/mol. The molecule has 2 N–H and O–H groups in total. The van der Waals surface area contributed by atoms with Gasteiger partial charge in [0.15, 0.2) is 11.5 Å². The quantitative estimate of drug-likeness (QED) is 0.768. The average molecular weight is 345 g/mol. The van der Waals surface area contributed by atoms with Gasteiger partial charge in [-0.1, -0.05) is 0 Å². The van der Waals surface area contributed by atoms with Gasteiger partial charge >= 0.3 is 0 Å². The van der Waals surface area contributed by atoms with E-state index < -0.39 is 0 Å². The van der Waals surface area contributed by atoms with E-state index in [0.717, 1.165) is 0 Å². The number of methoxy groups -OCH3 is 1. The van der Waals surface area contributed by atoms with Gasteiger partial charge in [-0.25, -0.2) is 4.68 Å². The molecule has 25 heavy (non-hydrogen) atoms. The molecular formula is C18H23N3O4. The lowest BCUT2D eigenvalue weighted by Crippen LogP contribution is -2.18. The molecule has 1 saturated carbocycles. The zero-order chi connectivity index (χ0) is 17.8. The molecule has 1 aliphatic carbocycles. The van der Waals surface area contributed by atoms with Crippen molar-refractivity contribution in [1.29, 1.82) is 0 Å². The second kappa shape index (κ2) is 7.57. The maximum absolute atomic E-state index is 12.6. The second-order valence-corrected chi connectivity index (χ2v) is 6.13. The summed E-state index contributed by atoms with van der Waals surface area (Å²) < 4.78 is 12.5. The van der Waals surface area contributed by atoms with E-state index in [2.05, 4.69) is 17.3 Å². The number of aromatic nitrogens is 2. The number of amides is 1. The molecular weight excluding hydrogens is 322 g/mol. The molecule has 1 unspecified atom stereocenters. The maximum atomic E-state index is 12.6. The molecule has 1 heterocycles. The van der Waals surface area contributed by atoms with Crippen molar-refractivity contribution < 1.29 is 19.4 Å². The third kappa shape index (κ3) is 3.93. The summed E-state index contributed by atoms with van der Waals surface area (Å²) in [4.78, 5) is 12.6. The van der Waals surface area contributed by atoms with E-state index in [0.29, 0.717) is 28.8 Å². The van der Waals surface area contributed by atoms with Gasteiger partial charge < -0.3 is 19.9 Å². The lowest BCUT2D eigenvalue weighted by molar-refractivity contribution is 0.102. The van der Waals surface area contributed by atoms with Gasteiger partial charge in [0.05, 0.1) is 26.0 Å². The third-order valence-electron chi connectivity index (χ3n) is 4.38. The van der Waals surface area contributed by atoms with Crippen LogP contribution in [0.2, 0.25) is 0 Å². The summed E-state index contributed by atoms with van der Waals surface area (Å²) in [6.45, 7) is 2.14. The fourth-order valence-electron chi connectivity index (χ4n) is 2.79. The molecule has 0 radical (unpaired) electrons. The number of rotatable bonds is 8. The molecule has 1 aromatic heterocycles. The number of nitrogens with one attached hydrogen (secondary N) is 1. The number of nitrogens with zero attached hydrogens (tertiary/aromatic N) is 2. The molecule has 0 spiro atoms. The lowest BCUT2D eigenvalue weighted by atomic mass is 10.2. The standard InChI is InChI=1S/C18H23N3O4/c1-12(13-3-4-13)21-17(7-8-19-21)20-18(23)14-5-6-15(24-2)16(11-14)25-10-9-22/h5-8,11-13,22H,3-4,9-10H2,1-2H3,(H,20,23). The van der Waals surface area contributed by atoms with Gasteiger partial charge in [0.2, 0.25) is 0 Å². The van der Waals surface area contributed by atoms with Crippen LogP contribution >= 0.6 is 0 Å². The van der Waals surface area contributed by atoms with Gasteiger partial charge in [-0.15, -0.1) is 0 Å². The molecule has 1 aromatic carbocycles. The number of carbonyl (C=O) groups excluding carboxylic acids is 1. The highest BCUT2D eigenvalue weighted by molar-refractivity contribution is 6.04. The number of anilines is 1. The first-order valence-electron chi connectivity index (χ1n) is 8.40. The zero-order valence-corrected chi connectivity index (χ0v) is 14.4. The first-order chi connectivity index (χ1) is 12.1. The van der Waals surface area contributed by atoms with Crippen LogP contribution in [0.5, 0.6) is 11.5 Å². The normalized spacial score (nSPS) is 14.8. The van der Waals surface area contributed by atoms with Gasteiger partial charge in [0.1, 0.15) is 12.4 Å². The fourth-order valence-corrected chi connectivity index (χ4v) is 2.79. The first kappa shape index (κ1) is 17.3. The van der Waals surface area contributed by atoms with Crippen molar-refractivity contribution in [1.82, 2.24) is 9.78 Å². The van der Waals surface area contributed by atoms with Crippen molar-refractivity contribution in [2.45, 2.75) is 25.8 Å². The Kier molecular flexibility index (Phi) is 5.23. The summed E-state index contributed by atoms with van der Waals surface area (Å²) in [6.07, 6.45) is 4.11. The molecule has 7 nitrogen and oxygen atoms in total. The molecule has 0 aliphatic heterocycles. The maximum Gasteiger partial charge on any atom is 0.256 e. The summed E-state index contributed by atoms with van der Waals surface area (Å²) in [5.74, 6) is 2.00. The van der Waals surface area contributed by atoms with Gasteiger partial charge in [-0.2, -0.15) is 5.10 Å². The van der Waals surface area contributed by atoms with E-state index in [9.17, 15) is 4.79 Å². The summed E-state index contributed by atoms with van der Waals surface area (Å²) in [5.41, 5.74) is 0.445. The summed E-state index contributed by atoms with van der Waals surface area (Å²) in [7, 11) is 1.53. The smallest absolute Gasteiger partial charge is 0.256 e. The topological polar surface area (TPSA) is 85.6 Å². The van der Waals surface area contributed by atoms with Crippen LogP contribution in [0.3, 0.4) is 0 Å². The van der Waals surface area contributed by atoms with E-state index in [1.807, 2.05) is 4.68 Å². The van der Waals surface area contributed by atoms with Gasteiger partial charge in [0.25, 0.3) is 5.91 Å². The largest absolute Gasteiger partial charge is 0.493 e. The van der Waals surface area contributed by atoms with Crippen molar-refractivity contribution in [2.75, 3.05) is 25.6 Å². The van der Waals surface area contributed by atoms with E-state index in [-0.39, 0.29) is 25.2 Å². The minimum Gasteiger partial charge on any atom is -0.493 e. The summed E-state index contributed by atoms with van der Waals surface area (Å²) in [5, 5.41) is 16.2. The molecule has 2 aromatic rings. The highest BCUT2D eigenvalue weighted by Gasteiger charge is 2.30. The van der Waals surface area contributed by atoms with Crippen LogP contribution in [0.4, 0.5) is 5.82 Å². The molecule has 134 valence electrons. The van der Waals surface area contributed by atoms with Crippen LogP contribution in [0.1, 0.15) is 36.2 Å². The Bertz CT molecular complexity index is 740. The first-order valence-corrected chi connectivity index (χ1v) is 8.40. The minimum absolute atomic E-state index is 0.113. The summed E-state index contributed by atoms with van der Waals surface area (Å²) >= 11 is 0. The summed E-state index contributed by atoms with van der Waals surface area (Å²) in [6, 6.07) is 7.01. The molecule has 0 bridgehead atoms. The molecule has 3 rings (SSSR count). The van der Waals surface area contributed by atoms with E-state index in [1.54, 1.807) is 30.5 Å². The Labute approximate surface area is 146 Å². The molecule has 7 heteroatoms. The molecule has 0 saturated heterocycles. The van der Waals surface area contributed by atoms with Crippen LogP contribution in [-0.2, 0) is 0 Å². The number of ether oxygens (including phenoxy) is 2. The van der Waals surface area contributed by atoms with Crippen molar-refractivity contribution >= 4 is 11.7 Å². The number of benzene rings is 1. The van der Waals surface area contributed by atoms with Crippen molar-refractivity contribution in [3.63, 3.8) is 0 Å². The fraction of sp³-hybridized carbons (Fsp3) is 0.444. The number of aliphatic hydroxyl groups is 1. The average Bonchev–Trinajstić information content (AvgIpc) is 3.38. The van der Waals surface area contributed by atoms with E-state index in [1.165, 1.54) is 20.0 Å². The Morgan fingerprint density at radius 3 is 2.88 bits per heavy atom. The number of aliphatic hydroxyl groups excluding tert-OH is 1. The molecule has 1 amide bonds. The van der Waals surface area contributed by atoms with Crippen LogP contribution in [0.25, 0.3) is 0 Å². The Balaban J connectivity index is 1.76. The second-order valence-electron chi connectivity index (χ2n) is 6.13. The van der Waals surface area contributed by atoms with E-state index in [4.69, 9.17) is 14.6 Å².